The number of aromatic nitrogens is 2. The number of fused-ring (bicyclic) bond motifs is 3. The topological polar surface area (TPSA) is 125 Å². The van der Waals surface area contributed by atoms with E-state index in [0.717, 1.165) is 0 Å². The highest BCUT2D eigenvalue weighted by atomic mass is 35.5. The number of nitro benzene ring substituents is 1. The number of para-hydroxylation sites is 2. The van der Waals surface area contributed by atoms with Crippen LogP contribution in [0.3, 0.4) is 0 Å². The molecule has 0 bridgehead atoms. The normalized spacial score (nSPS) is 11.6. The van der Waals surface area contributed by atoms with E-state index < -0.39 is 4.92 Å². The van der Waals surface area contributed by atoms with Crippen LogP contribution < -0.4 is 21.6 Å². The van der Waals surface area contributed by atoms with Gasteiger partial charge in [-0.05, 0) is 36.8 Å². The van der Waals surface area contributed by atoms with Gasteiger partial charge in [-0.15, -0.1) is 0 Å². The molecule has 10 heteroatoms. The van der Waals surface area contributed by atoms with Crippen molar-refractivity contribution < 1.29 is 4.92 Å². The highest BCUT2D eigenvalue weighted by Crippen LogP contribution is 2.26. The third-order valence-electron chi connectivity index (χ3n) is 4.69. The van der Waals surface area contributed by atoms with Gasteiger partial charge in [-0.1, -0.05) is 23.7 Å². The Hall–Kier alpha value is -4.16. The van der Waals surface area contributed by atoms with Gasteiger partial charge >= 0.3 is 0 Å². The van der Waals surface area contributed by atoms with Gasteiger partial charge < -0.3 is 5.43 Å². The minimum Gasteiger partial charge on any atom is -0.307 e. The van der Waals surface area contributed by atoms with E-state index in [4.69, 9.17) is 11.6 Å². The summed E-state index contributed by atoms with van der Waals surface area (Å²) in [5.74, 6) is 0. The van der Waals surface area contributed by atoms with Crippen LogP contribution in [0.5, 0.6) is 0 Å². The van der Waals surface area contributed by atoms with Crippen molar-refractivity contribution in [2.75, 3.05) is 5.43 Å². The summed E-state index contributed by atoms with van der Waals surface area (Å²) in [5, 5.41) is 21.4. The van der Waals surface area contributed by atoms with E-state index in [-0.39, 0.29) is 33.4 Å². The molecule has 9 nitrogen and oxygen atoms in total. The van der Waals surface area contributed by atoms with Crippen molar-refractivity contribution in [1.29, 1.82) is 5.26 Å². The first-order valence-electron chi connectivity index (χ1n) is 8.72. The number of hydrogen-bond acceptors (Lipinski definition) is 7. The molecule has 0 saturated carbocycles. The van der Waals surface area contributed by atoms with Crippen LogP contribution in [0.1, 0.15) is 11.1 Å². The largest absolute Gasteiger partial charge is 0.307 e. The third-order valence-corrected chi connectivity index (χ3v) is 4.92. The molecule has 0 atom stereocenters. The van der Waals surface area contributed by atoms with Gasteiger partial charge in [0.05, 0.1) is 26.7 Å². The number of nitriles is 1. The Morgan fingerprint density at radius 1 is 1.30 bits per heavy atom. The first kappa shape index (κ1) is 19.2. The predicted octanol–water partition coefficient (Wildman–Crippen LogP) is 2.66. The second-order valence-electron chi connectivity index (χ2n) is 6.42. The summed E-state index contributed by atoms with van der Waals surface area (Å²) in [4.78, 5) is 28.2. The third kappa shape index (κ3) is 3.05. The lowest BCUT2D eigenvalue weighted by atomic mass is 10.1. The second-order valence-corrected chi connectivity index (χ2v) is 6.86. The number of nitrogens with one attached hydrogen (secondary N) is 2. The fourth-order valence-electron chi connectivity index (χ4n) is 3.24. The number of hydrogen-bond donors (Lipinski definition) is 2. The molecule has 0 saturated heterocycles. The number of halogens is 1. The zero-order chi connectivity index (χ0) is 21.4. The van der Waals surface area contributed by atoms with Crippen molar-refractivity contribution in [1.82, 2.24) is 14.8 Å². The summed E-state index contributed by atoms with van der Waals surface area (Å²) in [5.41, 5.74) is 7.13. The molecule has 148 valence electrons. The fraction of sp³-hybridized carbons (Fsp3) is 0.0500. The molecule has 30 heavy (non-hydrogen) atoms. The van der Waals surface area contributed by atoms with Gasteiger partial charge in [-0.3, -0.25) is 24.7 Å². The molecule has 0 unspecified atom stereocenters. The smallest absolute Gasteiger partial charge is 0.294 e. The molecule has 0 aliphatic carbocycles. The summed E-state index contributed by atoms with van der Waals surface area (Å²) in [6, 6.07) is 13.3. The van der Waals surface area contributed by atoms with Crippen LogP contribution in [0.15, 0.2) is 47.3 Å². The molecular weight excluding hydrogens is 408 g/mol. The van der Waals surface area contributed by atoms with Gasteiger partial charge in [0, 0.05) is 17.3 Å². The van der Waals surface area contributed by atoms with E-state index in [0.29, 0.717) is 21.6 Å². The summed E-state index contributed by atoms with van der Waals surface area (Å²) in [6.45, 7) is 1.65. The monoisotopic (exact) mass is 420 g/mol. The Morgan fingerprint density at radius 3 is 2.80 bits per heavy atom. The van der Waals surface area contributed by atoms with Crippen molar-refractivity contribution in [2.24, 2.45) is 0 Å². The molecule has 4 rings (SSSR count). The lowest BCUT2D eigenvalue weighted by Crippen LogP contribution is -2.36. The van der Waals surface area contributed by atoms with E-state index in [1.807, 2.05) is 0 Å². The van der Waals surface area contributed by atoms with E-state index in [1.165, 1.54) is 28.8 Å². The van der Waals surface area contributed by atoms with E-state index in [1.54, 1.807) is 31.2 Å². The van der Waals surface area contributed by atoms with Crippen molar-refractivity contribution in [3.8, 4) is 6.07 Å². The standard InChI is InChI=1S/C20H13ClN6O3/c1-11-13(9-22)19-24-15-4-2-3-5-17(15)26(19)20(28)14(11)10-23-25-16-8-12(21)6-7-18(16)27(29)30/h2-8,10,23,25H,1H3. The van der Waals surface area contributed by atoms with Crippen molar-refractivity contribution in [3.05, 3.63) is 84.3 Å². The minimum atomic E-state index is -0.553. The lowest BCUT2D eigenvalue weighted by molar-refractivity contribution is -0.384. The van der Waals surface area contributed by atoms with Crippen LogP contribution in [-0.2, 0) is 0 Å². The van der Waals surface area contributed by atoms with Gasteiger partial charge in [0.2, 0.25) is 0 Å². The zero-order valence-corrected chi connectivity index (χ0v) is 16.3. The van der Waals surface area contributed by atoms with Gasteiger partial charge in [-0.2, -0.15) is 5.26 Å². The van der Waals surface area contributed by atoms with Gasteiger partial charge in [-0.25, -0.2) is 4.98 Å². The van der Waals surface area contributed by atoms with Crippen molar-refractivity contribution in [3.63, 3.8) is 0 Å². The Labute approximate surface area is 173 Å². The molecule has 0 spiro atoms. The van der Waals surface area contributed by atoms with Crippen LogP contribution >= 0.6 is 11.6 Å². The first-order valence-corrected chi connectivity index (χ1v) is 9.09. The zero-order valence-electron chi connectivity index (χ0n) is 15.5. The Balaban J connectivity index is 1.86. The van der Waals surface area contributed by atoms with Crippen molar-refractivity contribution in [2.45, 2.75) is 6.92 Å². The number of imidazole rings is 1. The molecule has 0 fully saturated rings. The summed E-state index contributed by atoms with van der Waals surface area (Å²) in [7, 11) is 0. The predicted molar refractivity (Wildman–Crippen MR) is 113 cm³/mol. The molecule has 4 aromatic rings. The molecule has 2 N–H and O–H groups in total. The van der Waals surface area contributed by atoms with Gasteiger partial charge in [0.25, 0.3) is 11.2 Å². The summed E-state index contributed by atoms with van der Waals surface area (Å²) in [6.07, 6.45) is 1.36. The minimum absolute atomic E-state index is 0.128. The molecule has 0 amide bonds. The van der Waals surface area contributed by atoms with Crippen LogP contribution in [0.4, 0.5) is 11.4 Å². The van der Waals surface area contributed by atoms with Crippen LogP contribution in [-0.4, -0.2) is 14.3 Å². The maximum atomic E-state index is 13.1. The number of nitro groups is 1. The van der Waals surface area contributed by atoms with Crippen LogP contribution in [0.2, 0.25) is 5.02 Å². The number of hydrazine groups is 1. The quantitative estimate of drug-likeness (QED) is 0.384. The number of anilines is 1. The highest BCUT2D eigenvalue weighted by Gasteiger charge is 2.16. The first-order chi connectivity index (χ1) is 14.4. The Kier molecular flexibility index (Phi) is 4.69. The number of benzene rings is 2. The maximum absolute atomic E-state index is 13.1. The van der Waals surface area contributed by atoms with E-state index in [2.05, 4.69) is 21.9 Å². The van der Waals surface area contributed by atoms with Gasteiger partial charge in [0.1, 0.15) is 11.8 Å². The molecule has 2 aromatic heterocycles. The van der Waals surface area contributed by atoms with E-state index >= 15 is 0 Å². The van der Waals surface area contributed by atoms with Gasteiger partial charge in [0.15, 0.2) is 5.65 Å². The van der Waals surface area contributed by atoms with Crippen LogP contribution in [0, 0.1) is 28.4 Å². The molecule has 2 heterocycles. The number of nitrogens with zero attached hydrogens (tertiary/aromatic N) is 4. The van der Waals surface area contributed by atoms with Crippen LogP contribution in [0.25, 0.3) is 22.9 Å². The van der Waals surface area contributed by atoms with E-state index in [9.17, 15) is 20.2 Å². The average molecular weight is 421 g/mol. The Morgan fingerprint density at radius 2 is 2.07 bits per heavy atom. The Bertz CT molecular complexity index is 1490. The maximum Gasteiger partial charge on any atom is 0.294 e. The second kappa shape index (κ2) is 7.35. The average Bonchev–Trinajstić information content (AvgIpc) is 3.10. The molecule has 0 radical (unpaired) electrons. The number of pyridine rings is 1. The highest BCUT2D eigenvalue weighted by molar-refractivity contribution is 6.31. The lowest BCUT2D eigenvalue weighted by Gasteiger charge is -2.08. The summed E-state index contributed by atoms with van der Waals surface area (Å²) < 4.78 is 1.39. The summed E-state index contributed by atoms with van der Waals surface area (Å²) >= 11 is 5.92. The number of rotatable bonds is 4. The van der Waals surface area contributed by atoms with Crippen molar-refractivity contribution >= 4 is 45.9 Å². The fourth-order valence-corrected chi connectivity index (χ4v) is 3.41. The molecular formula is C20H13ClN6O3. The molecule has 0 aliphatic rings. The molecule has 2 aromatic carbocycles. The SMILES string of the molecule is Cc1c(C#N)c2nc3ccccc3n2c(=O)c1=CNNc1cc(Cl)ccc1[N+](=O)[O-]. The molecule has 0 aliphatic heterocycles.